The average Bonchev–Trinajstić information content (AvgIpc) is 2.92. The van der Waals surface area contributed by atoms with Crippen LogP contribution >= 0.6 is 0 Å². The molecule has 1 aromatic heterocycles. The Morgan fingerprint density at radius 2 is 2.33 bits per heavy atom. The van der Waals surface area contributed by atoms with E-state index in [-0.39, 0.29) is 22.5 Å². The van der Waals surface area contributed by atoms with E-state index >= 15 is 0 Å². The molecule has 1 unspecified atom stereocenters. The molecule has 1 aromatic rings. The third-order valence-electron chi connectivity index (χ3n) is 3.39. The summed E-state index contributed by atoms with van der Waals surface area (Å²) in [6.45, 7) is 3.26. The first-order valence-electron chi connectivity index (χ1n) is 6.92. The van der Waals surface area contributed by atoms with Crippen LogP contribution in [-0.4, -0.2) is 40.6 Å². The normalized spacial score (nSPS) is 19.4. The summed E-state index contributed by atoms with van der Waals surface area (Å²) in [5, 5.41) is 3.15. The number of sulfonamides is 1. The summed E-state index contributed by atoms with van der Waals surface area (Å²) >= 11 is 0. The second kappa shape index (κ2) is 6.59. The molecule has 1 atom stereocenters. The van der Waals surface area contributed by atoms with Gasteiger partial charge in [-0.05, 0) is 19.4 Å². The zero-order chi connectivity index (χ0) is 15.5. The summed E-state index contributed by atoms with van der Waals surface area (Å²) in [6.07, 6.45) is 2.08. The summed E-state index contributed by atoms with van der Waals surface area (Å²) < 4.78 is 37.4. The van der Waals surface area contributed by atoms with E-state index in [9.17, 15) is 13.2 Å². The van der Waals surface area contributed by atoms with Gasteiger partial charge in [-0.1, -0.05) is 6.92 Å². The lowest BCUT2D eigenvalue weighted by molar-refractivity contribution is 0.0563. The standard InChI is InChI=1S/C13H20N2O5S/c1-3-10-12(7-11(20-10)13(16)19-2)21(17,18)15-9-5-4-6-14-8-9/h7,9,14-15H,3-6,8H2,1-2H3. The van der Waals surface area contributed by atoms with Crippen molar-refractivity contribution in [2.45, 2.75) is 37.1 Å². The number of hydrogen-bond acceptors (Lipinski definition) is 6. The van der Waals surface area contributed by atoms with Crippen LogP contribution in [0.3, 0.4) is 0 Å². The lowest BCUT2D eigenvalue weighted by Crippen LogP contribution is -2.45. The van der Waals surface area contributed by atoms with E-state index in [2.05, 4.69) is 14.8 Å². The third kappa shape index (κ3) is 3.63. The molecule has 0 aliphatic carbocycles. The second-order valence-corrected chi connectivity index (χ2v) is 6.59. The predicted molar refractivity (Wildman–Crippen MR) is 75.6 cm³/mol. The van der Waals surface area contributed by atoms with Crippen molar-refractivity contribution in [3.05, 3.63) is 17.6 Å². The number of carbonyl (C=O) groups is 1. The molecule has 0 radical (unpaired) electrons. The molecule has 7 nitrogen and oxygen atoms in total. The quantitative estimate of drug-likeness (QED) is 0.775. The molecule has 0 spiro atoms. The smallest absolute Gasteiger partial charge is 0.373 e. The van der Waals surface area contributed by atoms with Crippen LogP contribution < -0.4 is 10.0 Å². The molecule has 0 saturated carbocycles. The Morgan fingerprint density at radius 3 is 2.90 bits per heavy atom. The second-order valence-electron chi connectivity index (χ2n) is 4.91. The van der Waals surface area contributed by atoms with E-state index in [1.54, 1.807) is 6.92 Å². The van der Waals surface area contributed by atoms with E-state index in [0.29, 0.717) is 13.0 Å². The van der Waals surface area contributed by atoms with Gasteiger partial charge in [0, 0.05) is 25.1 Å². The minimum Gasteiger partial charge on any atom is -0.463 e. The fourth-order valence-corrected chi connectivity index (χ4v) is 3.84. The summed E-state index contributed by atoms with van der Waals surface area (Å²) in [5.74, 6) is -0.534. The van der Waals surface area contributed by atoms with Crippen molar-refractivity contribution in [3.63, 3.8) is 0 Å². The molecule has 2 N–H and O–H groups in total. The molecular formula is C13H20N2O5S. The predicted octanol–water partition coefficient (Wildman–Crippen LogP) is 0.659. The van der Waals surface area contributed by atoms with E-state index in [1.165, 1.54) is 13.2 Å². The first-order chi connectivity index (χ1) is 9.97. The molecule has 2 heterocycles. The first-order valence-corrected chi connectivity index (χ1v) is 8.40. The molecular weight excluding hydrogens is 296 g/mol. The molecule has 0 bridgehead atoms. The molecule has 1 saturated heterocycles. The molecule has 0 amide bonds. The van der Waals surface area contributed by atoms with Crippen molar-refractivity contribution < 1.29 is 22.4 Å². The summed E-state index contributed by atoms with van der Waals surface area (Å²) in [6, 6.07) is 1.08. The van der Waals surface area contributed by atoms with Crippen LogP contribution in [0.15, 0.2) is 15.4 Å². The van der Waals surface area contributed by atoms with Crippen LogP contribution in [0.2, 0.25) is 0 Å². The monoisotopic (exact) mass is 316 g/mol. The fraction of sp³-hybridized carbons (Fsp3) is 0.615. The number of aryl methyl sites for hydroxylation is 1. The maximum atomic E-state index is 12.5. The number of hydrogen-bond donors (Lipinski definition) is 2. The number of methoxy groups -OCH3 is 1. The highest BCUT2D eigenvalue weighted by molar-refractivity contribution is 7.89. The summed E-state index contributed by atoms with van der Waals surface area (Å²) in [5.41, 5.74) is 0. The molecule has 2 rings (SSSR count). The Kier molecular flexibility index (Phi) is 5.02. The summed E-state index contributed by atoms with van der Waals surface area (Å²) in [7, 11) is -2.50. The van der Waals surface area contributed by atoms with Crippen LogP contribution in [-0.2, 0) is 21.2 Å². The largest absolute Gasteiger partial charge is 0.463 e. The molecule has 118 valence electrons. The lowest BCUT2D eigenvalue weighted by Gasteiger charge is -2.23. The topological polar surface area (TPSA) is 97.6 Å². The number of esters is 1. The number of furan rings is 1. The van der Waals surface area contributed by atoms with Crippen molar-refractivity contribution in [3.8, 4) is 0 Å². The van der Waals surface area contributed by atoms with Crippen LogP contribution in [0, 0.1) is 0 Å². The zero-order valence-corrected chi connectivity index (χ0v) is 13.0. The molecule has 1 aliphatic rings. The Balaban J connectivity index is 2.25. The van der Waals surface area contributed by atoms with Gasteiger partial charge in [-0.3, -0.25) is 0 Å². The van der Waals surface area contributed by atoms with Crippen molar-refractivity contribution >= 4 is 16.0 Å². The number of piperidine rings is 1. The van der Waals surface area contributed by atoms with Crippen molar-refractivity contribution in [2.24, 2.45) is 0 Å². The number of rotatable bonds is 5. The highest BCUT2D eigenvalue weighted by atomic mass is 32.2. The molecule has 0 aromatic carbocycles. The molecule has 1 aliphatic heterocycles. The summed E-state index contributed by atoms with van der Waals surface area (Å²) in [4.78, 5) is 11.5. The van der Waals surface area contributed by atoms with Gasteiger partial charge in [-0.2, -0.15) is 0 Å². The van der Waals surface area contributed by atoms with Gasteiger partial charge in [-0.15, -0.1) is 0 Å². The van der Waals surface area contributed by atoms with Gasteiger partial charge in [0.05, 0.1) is 7.11 Å². The third-order valence-corrected chi connectivity index (χ3v) is 4.95. The van der Waals surface area contributed by atoms with E-state index in [4.69, 9.17) is 4.42 Å². The number of nitrogens with one attached hydrogen (secondary N) is 2. The maximum absolute atomic E-state index is 12.5. The van der Waals surface area contributed by atoms with Crippen LogP contribution in [0.25, 0.3) is 0 Å². The van der Waals surface area contributed by atoms with Gasteiger partial charge in [0.25, 0.3) is 0 Å². The van der Waals surface area contributed by atoms with Crippen molar-refractivity contribution in [1.82, 2.24) is 10.0 Å². The van der Waals surface area contributed by atoms with Gasteiger partial charge >= 0.3 is 5.97 Å². The highest BCUT2D eigenvalue weighted by Crippen LogP contribution is 2.22. The fourth-order valence-electron chi connectivity index (χ4n) is 2.32. The van der Waals surface area contributed by atoms with Crippen molar-refractivity contribution in [2.75, 3.05) is 20.2 Å². The maximum Gasteiger partial charge on any atom is 0.373 e. The van der Waals surface area contributed by atoms with Gasteiger partial charge < -0.3 is 14.5 Å². The minimum absolute atomic E-state index is 0.0102. The zero-order valence-electron chi connectivity index (χ0n) is 12.1. The van der Waals surface area contributed by atoms with Gasteiger partial charge in [0.2, 0.25) is 15.8 Å². The minimum atomic E-state index is -3.72. The Labute approximate surface area is 124 Å². The van der Waals surface area contributed by atoms with Gasteiger partial charge in [-0.25, -0.2) is 17.9 Å². The van der Waals surface area contributed by atoms with Crippen LogP contribution in [0.1, 0.15) is 36.1 Å². The first kappa shape index (κ1) is 16.0. The van der Waals surface area contributed by atoms with Crippen LogP contribution in [0.4, 0.5) is 0 Å². The van der Waals surface area contributed by atoms with E-state index in [0.717, 1.165) is 19.4 Å². The molecule has 1 fully saturated rings. The van der Waals surface area contributed by atoms with E-state index in [1.807, 2.05) is 0 Å². The van der Waals surface area contributed by atoms with Gasteiger partial charge in [0.1, 0.15) is 10.7 Å². The lowest BCUT2D eigenvalue weighted by atomic mass is 10.1. The Hall–Kier alpha value is -1.38. The average molecular weight is 316 g/mol. The SMILES string of the molecule is CCc1oc(C(=O)OC)cc1S(=O)(=O)NC1CCCNC1. The molecule has 8 heteroatoms. The van der Waals surface area contributed by atoms with Gasteiger partial charge in [0.15, 0.2) is 0 Å². The van der Waals surface area contributed by atoms with Crippen molar-refractivity contribution in [1.29, 1.82) is 0 Å². The van der Waals surface area contributed by atoms with E-state index < -0.39 is 16.0 Å². The van der Waals surface area contributed by atoms with Crippen LogP contribution in [0.5, 0.6) is 0 Å². The molecule has 21 heavy (non-hydrogen) atoms. The Bertz CT molecular complexity index is 602. The number of carbonyl (C=O) groups excluding carboxylic acids is 1. The Morgan fingerprint density at radius 1 is 1.57 bits per heavy atom. The highest BCUT2D eigenvalue weighted by Gasteiger charge is 2.28. The number of ether oxygens (including phenoxy) is 1.